The number of primary amides is 1. The SMILES string of the molecule is NC(=O)c1ccc(Oc2ccc(CNC3CCCCC3)c3ccccc23)nc1. The van der Waals surface area contributed by atoms with Gasteiger partial charge in [0.25, 0.3) is 0 Å². The maximum absolute atomic E-state index is 11.2. The molecule has 3 N–H and O–H groups in total. The lowest BCUT2D eigenvalue weighted by Gasteiger charge is -2.23. The Morgan fingerprint density at radius 2 is 1.82 bits per heavy atom. The van der Waals surface area contributed by atoms with Gasteiger partial charge in [-0.2, -0.15) is 0 Å². The molecule has 5 nitrogen and oxygen atoms in total. The van der Waals surface area contributed by atoms with Crippen LogP contribution in [-0.2, 0) is 6.54 Å². The number of ether oxygens (including phenoxy) is 1. The number of pyridine rings is 1. The lowest BCUT2D eigenvalue weighted by molar-refractivity contribution is 0.1000. The maximum atomic E-state index is 11.2. The van der Waals surface area contributed by atoms with Crippen molar-refractivity contribution in [3.05, 3.63) is 65.9 Å². The topological polar surface area (TPSA) is 77.2 Å². The van der Waals surface area contributed by atoms with Gasteiger partial charge in [-0.25, -0.2) is 4.98 Å². The van der Waals surface area contributed by atoms with Crippen LogP contribution in [0.3, 0.4) is 0 Å². The van der Waals surface area contributed by atoms with Gasteiger partial charge >= 0.3 is 0 Å². The summed E-state index contributed by atoms with van der Waals surface area (Å²) in [7, 11) is 0. The van der Waals surface area contributed by atoms with Crippen LogP contribution in [0.15, 0.2) is 54.7 Å². The Hall–Kier alpha value is -2.92. The van der Waals surface area contributed by atoms with Crippen LogP contribution in [0, 0.1) is 0 Å². The third-order valence-corrected chi connectivity index (χ3v) is 5.40. The molecule has 2 aromatic carbocycles. The predicted molar refractivity (Wildman–Crippen MR) is 110 cm³/mol. The van der Waals surface area contributed by atoms with Crippen molar-refractivity contribution in [3.63, 3.8) is 0 Å². The van der Waals surface area contributed by atoms with Crippen molar-refractivity contribution in [3.8, 4) is 11.6 Å². The highest BCUT2D eigenvalue weighted by Gasteiger charge is 2.14. The van der Waals surface area contributed by atoms with E-state index in [2.05, 4.69) is 34.6 Å². The molecule has 1 fully saturated rings. The van der Waals surface area contributed by atoms with Crippen LogP contribution >= 0.6 is 0 Å². The van der Waals surface area contributed by atoms with E-state index in [4.69, 9.17) is 10.5 Å². The number of nitrogens with one attached hydrogen (secondary N) is 1. The number of benzene rings is 2. The number of rotatable bonds is 6. The van der Waals surface area contributed by atoms with Crippen LogP contribution in [0.25, 0.3) is 10.8 Å². The van der Waals surface area contributed by atoms with Gasteiger partial charge in [-0.15, -0.1) is 0 Å². The zero-order valence-corrected chi connectivity index (χ0v) is 15.9. The molecule has 0 radical (unpaired) electrons. The van der Waals surface area contributed by atoms with Gasteiger partial charge in [-0.05, 0) is 35.9 Å². The van der Waals surface area contributed by atoms with Crippen molar-refractivity contribution in [2.45, 2.75) is 44.7 Å². The average Bonchev–Trinajstić information content (AvgIpc) is 2.74. The Morgan fingerprint density at radius 3 is 2.54 bits per heavy atom. The van der Waals surface area contributed by atoms with Crippen molar-refractivity contribution >= 4 is 16.7 Å². The molecule has 3 aromatic rings. The number of nitrogens with zero attached hydrogens (tertiary/aromatic N) is 1. The van der Waals surface area contributed by atoms with E-state index in [1.807, 2.05) is 12.1 Å². The second-order valence-electron chi connectivity index (χ2n) is 7.34. The minimum absolute atomic E-state index is 0.362. The normalized spacial score (nSPS) is 14.9. The van der Waals surface area contributed by atoms with E-state index >= 15 is 0 Å². The number of hydrogen-bond acceptors (Lipinski definition) is 4. The van der Waals surface area contributed by atoms with E-state index in [1.165, 1.54) is 49.3 Å². The molecule has 28 heavy (non-hydrogen) atoms. The molecule has 1 amide bonds. The Kier molecular flexibility index (Phi) is 5.53. The monoisotopic (exact) mass is 375 g/mol. The second kappa shape index (κ2) is 8.40. The van der Waals surface area contributed by atoms with Gasteiger partial charge in [0.1, 0.15) is 5.75 Å². The highest BCUT2D eigenvalue weighted by molar-refractivity contribution is 5.92. The molecule has 0 atom stereocenters. The van der Waals surface area contributed by atoms with Crippen LogP contribution in [-0.4, -0.2) is 16.9 Å². The molecule has 144 valence electrons. The fourth-order valence-corrected chi connectivity index (χ4v) is 3.84. The van der Waals surface area contributed by atoms with Crippen molar-refractivity contribution in [1.82, 2.24) is 10.3 Å². The molecule has 0 bridgehead atoms. The fourth-order valence-electron chi connectivity index (χ4n) is 3.84. The first-order valence-corrected chi connectivity index (χ1v) is 9.88. The first-order valence-electron chi connectivity index (χ1n) is 9.88. The summed E-state index contributed by atoms with van der Waals surface area (Å²) in [6, 6.07) is 16.3. The Balaban J connectivity index is 1.55. The molecule has 1 heterocycles. The summed E-state index contributed by atoms with van der Waals surface area (Å²) in [6.45, 7) is 0.858. The largest absolute Gasteiger partial charge is 0.438 e. The van der Waals surface area contributed by atoms with E-state index in [0.29, 0.717) is 17.5 Å². The minimum atomic E-state index is -0.501. The van der Waals surface area contributed by atoms with Crippen molar-refractivity contribution < 1.29 is 9.53 Å². The lowest BCUT2D eigenvalue weighted by atomic mass is 9.95. The van der Waals surface area contributed by atoms with Gasteiger partial charge in [0.05, 0.1) is 5.56 Å². The van der Waals surface area contributed by atoms with Crippen LogP contribution in [0.1, 0.15) is 48.0 Å². The quantitative estimate of drug-likeness (QED) is 0.663. The van der Waals surface area contributed by atoms with Gasteiger partial charge in [0.15, 0.2) is 0 Å². The molecular formula is C23H25N3O2. The number of nitrogens with two attached hydrogens (primary N) is 1. The molecule has 0 unspecified atom stereocenters. The van der Waals surface area contributed by atoms with E-state index in [0.717, 1.165) is 17.7 Å². The lowest BCUT2D eigenvalue weighted by Crippen LogP contribution is -2.30. The summed E-state index contributed by atoms with van der Waals surface area (Å²) >= 11 is 0. The molecular weight excluding hydrogens is 350 g/mol. The number of carbonyl (C=O) groups excluding carboxylic acids is 1. The summed E-state index contributed by atoms with van der Waals surface area (Å²) in [5, 5.41) is 5.94. The highest BCUT2D eigenvalue weighted by Crippen LogP contribution is 2.31. The Labute approximate surface area is 164 Å². The van der Waals surface area contributed by atoms with Gasteiger partial charge in [0.2, 0.25) is 11.8 Å². The second-order valence-corrected chi connectivity index (χ2v) is 7.34. The van der Waals surface area contributed by atoms with E-state index in [9.17, 15) is 4.79 Å². The van der Waals surface area contributed by atoms with Gasteiger partial charge in [-0.1, -0.05) is 49.6 Å². The zero-order chi connectivity index (χ0) is 19.3. The summed E-state index contributed by atoms with van der Waals surface area (Å²) in [5.41, 5.74) is 6.90. The number of aromatic nitrogens is 1. The average molecular weight is 375 g/mol. The van der Waals surface area contributed by atoms with Crippen molar-refractivity contribution in [1.29, 1.82) is 0 Å². The van der Waals surface area contributed by atoms with Gasteiger partial charge in [0, 0.05) is 30.2 Å². The van der Waals surface area contributed by atoms with Crippen LogP contribution in [0.2, 0.25) is 0 Å². The number of amides is 1. The molecule has 5 heteroatoms. The fraction of sp³-hybridized carbons (Fsp3) is 0.304. The van der Waals surface area contributed by atoms with E-state index in [1.54, 1.807) is 12.1 Å². The number of fused-ring (bicyclic) bond motifs is 1. The number of hydrogen-bond donors (Lipinski definition) is 2. The minimum Gasteiger partial charge on any atom is -0.438 e. The molecule has 1 aromatic heterocycles. The molecule has 1 aliphatic rings. The third kappa shape index (κ3) is 4.15. The Bertz CT molecular complexity index is 963. The molecule has 0 aliphatic heterocycles. The summed E-state index contributed by atoms with van der Waals surface area (Å²) in [5.74, 6) is 0.680. The van der Waals surface area contributed by atoms with Gasteiger partial charge in [-0.3, -0.25) is 4.79 Å². The van der Waals surface area contributed by atoms with Crippen LogP contribution in [0.5, 0.6) is 11.6 Å². The van der Waals surface area contributed by atoms with Crippen molar-refractivity contribution in [2.75, 3.05) is 0 Å². The predicted octanol–water partition coefficient (Wildman–Crippen LogP) is 4.55. The Morgan fingerprint density at radius 1 is 1.04 bits per heavy atom. The van der Waals surface area contributed by atoms with E-state index < -0.39 is 5.91 Å². The molecule has 1 saturated carbocycles. The highest BCUT2D eigenvalue weighted by atomic mass is 16.5. The maximum Gasteiger partial charge on any atom is 0.250 e. The van der Waals surface area contributed by atoms with Gasteiger partial charge < -0.3 is 15.8 Å². The summed E-state index contributed by atoms with van der Waals surface area (Å²) in [4.78, 5) is 15.4. The van der Waals surface area contributed by atoms with Crippen LogP contribution in [0.4, 0.5) is 0 Å². The first kappa shape index (κ1) is 18.4. The first-order chi connectivity index (χ1) is 13.7. The van der Waals surface area contributed by atoms with E-state index in [-0.39, 0.29) is 0 Å². The van der Waals surface area contributed by atoms with Crippen molar-refractivity contribution in [2.24, 2.45) is 5.73 Å². The molecule has 4 rings (SSSR count). The van der Waals surface area contributed by atoms with Crippen LogP contribution < -0.4 is 15.8 Å². The third-order valence-electron chi connectivity index (χ3n) is 5.40. The zero-order valence-electron chi connectivity index (χ0n) is 15.9. The summed E-state index contributed by atoms with van der Waals surface area (Å²) < 4.78 is 5.99. The molecule has 0 saturated heterocycles. The molecule has 0 spiro atoms. The molecule has 1 aliphatic carbocycles. The smallest absolute Gasteiger partial charge is 0.250 e. The number of carbonyl (C=O) groups is 1. The standard InChI is InChI=1S/C23H25N3O2/c24-23(27)17-11-13-22(26-15-17)28-21-12-10-16(19-8-4-5-9-20(19)21)14-25-18-6-2-1-3-7-18/h4-5,8-13,15,18,25H,1-3,6-7,14H2,(H2,24,27). The summed E-state index contributed by atoms with van der Waals surface area (Å²) in [6.07, 6.45) is 7.99.